The summed E-state index contributed by atoms with van der Waals surface area (Å²) in [5, 5.41) is 21.1. The molecule has 0 radical (unpaired) electrons. The van der Waals surface area contributed by atoms with E-state index in [9.17, 15) is 15.0 Å². The van der Waals surface area contributed by atoms with Gasteiger partial charge in [0, 0.05) is 24.7 Å². The minimum atomic E-state index is -0.788. The maximum absolute atomic E-state index is 11.8. The van der Waals surface area contributed by atoms with Crippen LogP contribution in [0.15, 0.2) is 0 Å². The first-order valence-electron chi connectivity index (χ1n) is 20.6. The van der Waals surface area contributed by atoms with E-state index in [1.54, 1.807) is 0 Å². The van der Waals surface area contributed by atoms with Gasteiger partial charge >= 0.3 is 5.97 Å². The lowest BCUT2D eigenvalue weighted by molar-refractivity contribution is -0.577. The minimum Gasteiger partial charge on any atom is -0.481 e. The molecule has 9 heteroatoms. The van der Waals surface area contributed by atoms with Crippen LogP contribution >= 0.6 is 0 Å². The summed E-state index contributed by atoms with van der Waals surface area (Å²) in [6, 6.07) is 0. The highest BCUT2D eigenvalue weighted by molar-refractivity contribution is 5.66. The molecule has 2 bridgehead atoms. The Balaban J connectivity index is 0.858. The van der Waals surface area contributed by atoms with Crippen LogP contribution in [0.2, 0.25) is 0 Å². The molecule has 9 aliphatic rings. The van der Waals surface area contributed by atoms with Crippen LogP contribution in [0.3, 0.4) is 0 Å². The highest BCUT2D eigenvalue weighted by atomic mass is 17.3. The predicted molar refractivity (Wildman–Crippen MR) is 185 cm³/mol. The van der Waals surface area contributed by atoms with E-state index in [4.69, 9.17) is 28.7 Å². The molecule has 9 rings (SSSR count). The fourth-order valence-corrected chi connectivity index (χ4v) is 14.4. The van der Waals surface area contributed by atoms with Crippen molar-refractivity contribution in [2.75, 3.05) is 13.2 Å². The molecule has 9 nitrogen and oxygen atoms in total. The van der Waals surface area contributed by atoms with Crippen LogP contribution in [0.25, 0.3) is 0 Å². The van der Waals surface area contributed by atoms with Gasteiger partial charge in [0.2, 0.25) is 5.79 Å². The zero-order chi connectivity index (χ0) is 35.2. The van der Waals surface area contributed by atoms with Crippen molar-refractivity contribution < 1.29 is 43.7 Å². The first kappa shape index (κ1) is 36.2. The van der Waals surface area contributed by atoms with Crippen molar-refractivity contribution in [1.82, 2.24) is 0 Å². The van der Waals surface area contributed by atoms with Crippen LogP contribution in [-0.2, 0) is 33.5 Å². The van der Waals surface area contributed by atoms with E-state index in [0.29, 0.717) is 54.6 Å². The second-order valence-electron chi connectivity index (χ2n) is 19.3. The van der Waals surface area contributed by atoms with Crippen molar-refractivity contribution in [1.29, 1.82) is 0 Å². The molecule has 0 amide bonds. The molecule has 5 saturated carbocycles. The van der Waals surface area contributed by atoms with Crippen LogP contribution < -0.4 is 0 Å². The minimum absolute atomic E-state index is 0.141. The SMILES string of the molecule is C[C@H]1C(OCCO[C@@H]2CC[C@]3(C)C4CC[C@@]5(C)C(CC[C@@H]5[C@H](C)CCC(=O)O)C4C[C@H](O)C3C2)OC2OC3(C)CCC4[C@H](C)CCC1[C@@]24OO3. The quantitative estimate of drug-likeness (QED) is 0.184. The number of carboxylic acids is 1. The van der Waals surface area contributed by atoms with Gasteiger partial charge < -0.3 is 29.2 Å². The smallest absolute Gasteiger partial charge is 0.303 e. The fourth-order valence-electron chi connectivity index (χ4n) is 14.4. The van der Waals surface area contributed by atoms with Gasteiger partial charge in [-0.1, -0.05) is 34.6 Å². The molecule has 4 heterocycles. The largest absolute Gasteiger partial charge is 0.481 e. The standard InChI is InChI=1S/C41H66O9/c1-23(8-12-35(43)44)28-10-11-31-27-22-34(42)33-21-26(13-16-39(33,5)32(27)14-17-38(28,31)4)45-19-20-46-36-25(3)30-9-7-24(2)29-15-18-40(6)48-37(47-36)41(29,30)50-49-40/h23-34,36-37,42H,7-22H2,1-6H3,(H,43,44)/t23-,24-,25-,26-,27?,28-,29?,30?,31?,32?,33?,34+,36?,37?,38-,39-,40?,41-/m1/s1. The van der Waals surface area contributed by atoms with Gasteiger partial charge in [0.1, 0.15) is 0 Å². The van der Waals surface area contributed by atoms with E-state index in [1.807, 2.05) is 6.92 Å². The van der Waals surface area contributed by atoms with Crippen molar-refractivity contribution in [3.63, 3.8) is 0 Å². The van der Waals surface area contributed by atoms with Crippen molar-refractivity contribution in [2.24, 2.45) is 70.0 Å². The first-order chi connectivity index (χ1) is 23.8. The average molecular weight is 703 g/mol. The van der Waals surface area contributed by atoms with Crippen LogP contribution in [0.4, 0.5) is 0 Å². The molecule has 1 spiro atoms. The fraction of sp³-hybridized carbons (Fsp3) is 0.976. The summed E-state index contributed by atoms with van der Waals surface area (Å²) in [6.07, 6.45) is 13.0. The highest BCUT2D eigenvalue weighted by Crippen LogP contribution is 2.68. The van der Waals surface area contributed by atoms with Gasteiger partial charge in [-0.2, -0.15) is 0 Å². The van der Waals surface area contributed by atoms with Crippen molar-refractivity contribution >= 4 is 5.97 Å². The van der Waals surface area contributed by atoms with Crippen LogP contribution in [0.1, 0.15) is 131 Å². The zero-order valence-electron chi connectivity index (χ0n) is 31.6. The zero-order valence-corrected chi connectivity index (χ0v) is 31.6. The predicted octanol–water partition coefficient (Wildman–Crippen LogP) is 7.73. The van der Waals surface area contributed by atoms with Gasteiger partial charge in [-0.05, 0) is 142 Å². The molecule has 4 saturated heterocycles. The second-order valence-corrected chi connectivity index (χ2v) is 19.3. The lowest BCUT2D eigenvalue weighted by Crippen LogP contribution is -2.70. The Morgan fingerprint density at radius 3 is 2.34 bits per heavy atom. The number of aliphatic hydroxyl groups excluding tert-OH is 1. The highest BCUT2D eigenvalue weighted by Gasteiger charge is 2.69. The molecule has 18 atom stereocenters. The van der Waals surface area contributed by atoms with E-state index in [-0.39, 0.29) is 53.5 Å². The number of aliphatic hydroxyl groups is 1. The summed E-state index contributed by atoms with van der Waals surface area (Å²) < 4.78 is 26.1. The number of aliphatic carboxylic acids is 1. The summed E-state index contributed by atoms with van der Waals surface area (Å²) in [6.45, 7) is 14.8. The Morgan fingerprint density at radius 1 is 0.820 bits per heavy atom. The molecular weight excluding hydrogens is 636 g/mol. The third-order valence-corrected chi connectivity index (χ3v) is 17.0. The normalized spacial score (nSPS) is 54.5. The van der Waals surface area contributed by atoms with Gasteiger partial charge in [0.25, 0.3) is 0 Å². The lowest BCUT2D eigenvalue weighted by Gasteiger charge is -2.62. The molecule has 4 aliphatic heterocycles. The third-order valence-electron chi connectivity index (χ3n) is 17.0. The van der Waals surface area contributed by atoms with Gasteiger partial charge in [0.05, 0.1) is 25.4 Å². The van der Waals surface area contributed by atoms with Gasteiger partial charge in [0.15, 0.2) is 18.2 Å². The van der Waals surface area contributed by atoms with Gasteiger partial charge in [-0.15, -0.1) is 0 Å². The number of fused-ring (bicyclic) bond motifs is 7. The topological polar surface area (TPSA) is 113 Å². The number of carboxylic acid groups (broad SMARTS) is 1. The Labute approximate surface area is 300 Å². The molecule has 0 aromatic carbocycles. The van der Waals surface area contributed by atoms with E-state index in [1.165, 1.54) is 32.1 Å². The van der Waals surface area contributed by atoms with E-state index < -0.39 is 23.6 Å². The summed E-state index contributed by atoms with van der Waals surface area (Å²) in [5.74, 6) is 2.97. The molecule has 9 fully saturated rings. The number of rotatable bonds is 9. The number of ether oxygens (including phenoxy) is 4. The number of hydrogen-bond donors (Lipinski definition) is 2. The molecule has 5 aliphatic carbocycles. The summed E-state index contributed by atoms with van der Waals surface area (Å²) in [7, 11) is 0. The maximum atomic E-state index is 11.8. The Kier molecular flexibility index (Phi) is 9.55. The number of hydrogen-bond acceptors (Lipinski definition) is 8. The van der Waals surface area contributed by atoms with Crippen LogP contribution in [0, 0.1) is 70.0 Å². The molecule has 9 unspecified atom stereocenters. The molecule has 2 N–H and O–H groups in total. The van der Waals surface area contributed by atoms with E-state index >= 15 is 0 Å². The van der Waals surface area contributed by atoms with Gasteiger partial charge in [-0.25, -0.2) is 9.78 Å². The first-order valence-corrected chi connectivity index (χ1v) is 20.6. The van der Waals surface area contributed by atoms with Gasteiger partial charge in [-0.3, -0.25) is 4.79 Å². The molecule has 0 aromatic heterocycles. The summed E-state index contributed by atoms with van der Waals surface area (Å²) in [4.78, 5) is 23.6. The monoisotopic (exact) mass is 702 g/mol. The Morgan fingerprint density at radius 2 is 1.54 bits per heavy atom. The lowest BCUT2D eigenvalue weighted by atomic mass is 9.43. The van der Waals surface area contributed by atoms with Crippen molar-refractivity contribution in [2.45, 2.75) is 168 Å². The Hall–Kier alpha value is -0.810. The van der Waals surface area contributed by atoms with Crippen molar-refractivity contribution in [3.8, 4) is 0 Å². The Bertz CT molecular complexity index is 1260. The molecular formula is C41H66O9. The maximum Gasteiger partial charge on any atom is 0.303 e. The third kappa shape index (κ3) is 5.68. The van der Waals surface area contributed by atoms with E-state index in [0.717, 1.165) is 51.4 Å². The van der Waals surface area contributed by atoms with Crippen LogP contribution in [-0.4, -0.2) is 65.6 Å². The summed E-state index contributed by atoms with van der Waals surface area (Å²) in [5.41, 5.74) is -0.167. The van der Waals surface area contributed by atoms with E-state index in [2.05, 4.69) is 34.6 Å². The second kappa shape index (κ2) is 13.2. The number of carbonyl (C=O) groups is 1. The summed E-state index contributed by atoms with van der Waals surface area (Å²) >= 11 is 0. The van der Waals surface area contributed by atoms with Crippen molar-refractivity contribution in [3.05, 3.63) is 0 Å². The van der Waals surface area contributed by atoms with Crippen LogP contribution in [0.5, 0.6) is 0 Å². The molecule has 284 valence electrons. The average Bonchev–Trinajstić information content (AvgIpc) is 3.28. The molecule has 0 aromatic rings. The molecule has 50 heavy (non-hydrogen) atoms.